The normalized spacial score (nSPS) is 13.1. The molecule has 2 aromatic rings. The zero-order valence-electron chi connectivity index (χ0n) is 16.7. The van der Waals surface area contributed by atoms with Crippen LogP contribution in [0.3, 0.4) is 0 Å². The van der Waals surface area contributed by atoms with Gasteiger partial charge < -0.3 is 10.1 Å². The highest BCUT2D eigenvalue weighted by Gasteiger charge is 2.19. The lowest BCUT2D eigenvalue weighted by molar-refractivity contribution is -0.122. The van der Waals surface area contributed by atoms with Gasteiger partial charge in [-0.05, 0) is 54.7 Å². The first-order chi connectivity index (χ1) is 12.4. The molecule has 0 radical (unpaired) electrons. The average molecular weight is 390 g/mol. The molecule has 0 fully saturated rings. The van der Waals surface area contributed by atoms with E-state index >= 15 is 0 Å². The maximum atomic E-state index is 12.5. The summed E-state index contributed by atoms with van der Waals surface area (Å²) in [6, 6.07) is 12.3. The number of anilines is 1. The lowest BCUT2D eigenvalue weighted by Gasteiger charge is -2.21. The Morgan fingerprint density at radius 2 is 1.78 bits per heavy atom. The first-order valence-electron chi connectivity index (χ1n) is 8.77. The lowest BCUT2D eigenvalue weighted by atomic mass is 9.87. The van der Waals surface area contributed by atoms with E-state index in [0.29, 0.717) is 11.4 Å². The Bertz CT molecular complexity index is 943. The predicted molar refractivity (Wildman–Crippen MR) is 108 cm³/mol. The molecule has 0 heterocycles. The second kappa shape index (κ2) is 7.72. The first-order valence-corrected chi connectivity index (χ1v) is 10.7. The van der Waals surface area contributed by atoms with Gasteiger partial charge in [-0.1, -0.05) is 39.0 Å². The van der Waals surface area contributed by atoms with Crippen molar-refractivity contribution >= 4 is 21.4 Å². The Hall–Kier alpha value is -2.34. The van der Waals surface area contributed by atoms with Gasteiger partial charge in [-0.3, -0.25) is 4.79 Å². The molecular formula is C21H27NO4S. The van der Waals surface area contributed by atoms with Crippen molar-refractivity contribution in [3.05, 3.63) is 53.6 Å². The van der Waals surface area contributed by atoms with Gasteiger partial charge in [0, 0.05) is 11.9 Å². The number of aryl methyl sites for hydroxylation is 1. The van der Waals surface area contributed by atoms with Crippen LogP contribution >= 0.6 is 0 Å². The van der Waals surface area contributed by atoms with Crippen LogP contribution in [0.15, 0.2) is 47.4 Å². The van der Waals surface area contributed by atoms with Gasteiger partial charge >= 0.3 is 0 Å². The summed E-state index contributed by atoms with van der Waals surface area (Å²) in [6.45, 7) is 9.80. The summed E-state index contributed by atoms with van der Waals surface area (Å²) in [6.07, 6.45) is 0.401. The third-order valence-corrected chi connectivity index (χ3v) is 5.39. The van der Waals surface area contributed by atoms with Crippen LogP contribution < -0.4 is 10.1 Å². The summed E-state index contributed by atoms with van der Waals surface area (Å²) in [5.41, 5.74) is 2.33. The molecule has 0 unspecified atom stereocenters. The van der Waals surface area contributed by atoms with Crippen molar-refractivity contribution in [2.45, 2.75) is 51.0 Å². The smallest absolute Gasteiger partial charge is 0.265 e. The highest BCUT2D eigenvalue weighted by Crippen LogP contribution is 2.26. The Balaban J connectivity index is 2.15. The second-order valence-electron chi connectivity index (χ2n) is 7.78. The summed E-state index contributed by atoms with van der Waals surface area (Å²) in [7, 11) is -3.35. The highest BCUT2D eigenvalue weighted by molar-refractivity contribution is 7.90. The van der Waals surface area contributed by atoms with Crippen LogP contribution in [0.5, 0.6) is 5.75 Å². The van der Waals surface area contributed by atoms with Crippen LogP contribution in [0, 0.1) is 6.92 Å². The molecule has 1 atom stereocenters. The van der Waals surface area contributed by atoms with Crippen molar-refractivity contribution in [1.82, 2.24) is 0 Å². The molecule has 5 nitrogen and oxygen atoms in total. The van der Waals surface area contributed by atoms with E-state index < -0.39 is 15.9 Å². The third-order valence-electron chi connectivity index (χ3n) is 4.28. The van der Waals surface area contributed by atoms with Gasteiger partial charge in [-0.15, -0.1) is 0 Å². The molecule has 0 aliphatic heterocycles. The Morgan fingerprint density at radius 3 is 2.37 bits per heavy atom. The number of carbonyl (C=O) groups is 1. The van der Waals surface area contributed by atoms with E-state index in [1.54, 1.807) is 19.9 Å². The third kappa shape index (κ3) is 5.57. The summed E-state index contributed by atoms with van der Waals surface area (Å²) < 4.78 is 29.3. The second-order valence-corrected chi connectivity index (χ2v) is 9.79. The van der Waals surface area contributed by atoms with E-state index in [2.05, 4.69) is 26.1 Å². The van der Waals surface area contributed by atoms with Crippen molar-refractivity contribution in [3.63, 3.8) is 0 Å². The molecule has 1 N–H and O–H groups in total. The molecule has 0 aliphatic carbocycles. The minimum absolute atomic E-state index is 0.0198. The fourth-order valence-electron chi connectivity index (χ4n) is 2.49. The highest BCUT2D eigenvalue weighted by atomic mass is 32.2. The first kappa shape index (κ1) is 21.0. The van der Waals surface area contributed by atoms with Gasteiger partial charge in [-0.2, -0.15) is 0 Å². The number of sulfone groups is 1. The van der Waals surface area contributed by atoms with Crippen LogP contribution in [-0.2, 0) is 20.0 Å². The number of hydrogen-bond donors (Lipinski definition) is 1. The minimum atomic E-state index is -3.35. The van der Waals surface area contributed by atoms with Crippen molar-refractivity contribution in [2.24, 2.45) is 0 Å². The topological polar surface area (TPSA) is 72.5 Å². The van der Waals surface area contributed by atoms with Crippen LogP contribution in [0.1, 0.15) is 38.8 Å². The number of hydrogen-bond acceptors (Lipinski definition) is 4. The fourth-order valence-corrected chi connectivity index (χ4v) is 3.14. The molecule has 1 amide bonds. The molecule has 27 heavy (non-hydrogen) atoms. The van der Waals surface area contributed by atoms with E-state index in [-0.39, 0.29) is 16.2 Å². The van der Waals surface area contributed by atoms with Crippen molar-refractivity contribution in [3.8, 4) is 5.75 Å². The molecule has 0 aromatic heterocycles. The van der Waals surface area contributed by atoms with Gasteiger partial charge in [-0.25, -0.2) is 8.42 Å². The van der Waals surface area contributed by atoms with Crippen LogP contribution in [-0.4, -0.2) is 26.7 Å². The molecule has 2 rings (SSSR count). The van der Waals surface area contributed by atoms with Crippen LogP contribution in [0.4, 0.5) is 5.69 Å². The van der Waals surface area contributed by atoms with E-state index in [1.807, 2.05) is 24.3 Å². The van der Waals surface area contributed by atoms with Gasteiger partial charge in [0.1, 0.15) is 5.75 Å². The van der Waals surface area contributed by atoms with Gasteiger partial charge in [0.25, 0.3) is 5.91 Å². The van der Waals surface area contributed by atoms with Crippen molar-refractivity contribution < 1.29 is 17.9 Å². The van der Waals surface area contributed by atoms with Crippen LogP contribution in [0.25, 0.3) is 0 Å². The molecule has 0 spiro atoms. The minimum Gasteiger partial charge on any atom is -0.481 e. The molecular weight excluding hydrogens is 362 g/mol. The molecule has 2 aromatic carbocycles. The number of nitrogens with one attached hydrogen (secondary N) is 1. The summed E-state index contributed by atoms with van der Waals surface area (Å²) in [5, 5.41) is 2.76. The largest absolute Gasteiger partial charge is 0.481 e. The zero-order valence-corrected chi connectivity index (χ0v) is 17.5. The van der Waals surface area contributed by atoms with Crippen LogP contribution in [0.2, 0.25) is 0 Å². The molecule has 0 bridgehead atoms. The number of carbonyl (C=O) groups excluding carboxylic acids is 1. The SMILES string of the molecule is Cc1ccc(S(C)(=O)=O)cc1NC(=O)[C@H](C)Oc1cccc(C(C)(C)C)c1. The molecule has 0 saturated carbocycles. The number of amides is 1. The van der Waals surface area contributed by atoms with Gasteiger partial charge in [0.2, 0.25) is 0 Å². The molecule has 0 aliphatic rings. The maximum Gasteiger partial charge on any atom is 0.265 e. The summed E-state index contributed by atoms with van der Waals surface area (Å²) in [4.78, 5) is 12.7. The fraction of sp³-hybridized carbons (Fsp3) is 0.381. The van der Waals surface area contributed by atoms with E-state index in [4.69, 9.17) is 4.74 Å². The molecule has 146 valence electrons. The monoisotopic (exact) mass is 389 g/mol. The standard InChI is InChI=1S/C21H27NO4S/c1-14-10-11-18(27(6,24)25)13-19(14)22-20(23)15(2)26-17-9-7-8-16(12-17)21(3,4)5/h7-13,15H,1-6H3,(H,22,23)/t15-/m0/s1. The predicted octanol–water partition coefficient (Wildman–Crippen LogP) is 4.10. The Labute approximate surface area is 161 Å². The van der Waals surface area contributed by atoms with Gasteiger partial charge in [0.05, 0.1) is 4.90 Å². The van der Waals surface area contributed by atoms with E-state index in [9.17, 15) is 13.2 Å². The van der Waals surface area contributed by atoms with E-state index in [1.165, 1.54) is 12.1 Å². The number of rotatable bonds is 5. The van der Waals surface area contributed by atoms with Crippen molar-refractivity contribution in [2.75, 3.05) is 11.6 Å². The summed E-state index contributed by atoms with van der Waals surface area (Å²) >= 11 is 0. The molecule has 6 heteroatoms. The van der Waals surface area contributed by atoms with E-state index in [0.717, 1.165) is 17.4 Å². The maximum absolute atomic E-state index is 12.5. The zero-order chi connectivity index (χ0) is 20.4. The average Bonchev–Trinajstić information content (AvgIpc) is 2.55. The van der Waals surface area contributed by atoms with Gasteiger partial charge in [0.15, 0.2) is 15.9 Å². The number of ether oxygens (including phenoxy) is 1. The lowest BCUT2D eigenvalue weighted by Crippen LogP contribution is -2.30. The summed E-state index contributed by atoms with van der Waals surface area (Å²) in [5.74, 6) is 0.275. The molecule has 0 saturated heterocycles. The Kier molecular flexibility index (Phi) is 6.00. The van der Waals surface area contributed by atoms with Crippen molar-refractivity contribution in [1.29, 1.82) is 0 Å². The Morgan fingerprint density at radius 1 is 1.11 bits per heavy atom. The number of benzene rings is 2. The quantitative estimate of drug-likeness (QED) is 0.835.